The molecule has 2 nitrogen and oxygen atoms in total. The van der Waals surface area contributed by atoms with Crippen molar-refractivity contribution >= 4 is 40.3 Å². The maximum Gasteiger partial charge on any atom is 0.266 e. The molecule has 23 heavy (non-hydrogen) atoms. The van der Waals surface area contributed by atoms with Crippen molar-refractivity contribution in [2.45, 2.75) is 46.5 Å². The molecule has 1 fully saturated rings. The minimum atomic E-state index is 0.0653. The summed E-state index contributed by atoms with van der Waals surface area (Å²) in [6.45, 7) is 7.22. The molecule has 124 valence electrons. The maximum absolute atomic E-state index is 12.7. The molecule has 0 aromatic heterocycles. The fourth-order valence-electron chi connectivity index (χ4n) is 2.65. The lowest BCUT2D eigenvalue weighted by molar-refractivity contribution is -0.122. The van der Waals surface area contributed by atoms with Crippen molar-refractivity contribution in [1.82, 2.24) is 4.90 Å². The van der Waals surface area contributed by atoms with Gasteiger partial charge in [-0.1, -0.05) is 86.9 Å². The molecular weight excluding hydrogens is 322 g/mol. The molecule has 0 bridgehead atoms. The molecule has 1 amide bonds. The van der Waals surface area contributed by atoms with Crippen molar-refractivity contribution in [3.63, 3.8) is 0 Å². The van der Waals surface area contributed by atoms with Crippen LogP contribution in [-0.4, -0.2) is 21.7 Å². The number of thiocarbonyl (C=S) groups is 1. The van der Waals surface area contributed by atoms with Crippen molar-refractivity contribution in [2.75, 3.05) is 6.54 Å². The van der Waals surface area contributed by atoms with Gasteiger partial charge >= 0.3 is 0 Å². The second-order valence-corrected chi connectivity index (χ2v) is 7.80. The molecule has 0 radical (unpaired) electrons. The first-order valence-electron chi connectivity index (χ1n) is 8.37. The lowest BCUT2D eigenvalue weighted by atomic mass is 9.99. The van der Waals surface area contributed by atoms with E-state index in [4.69, 9.17) is 12.2 Å². The Morgan fingerprint density at radius 3 is 2.57 bits per heavy atom. The summed E-state index contributed by atoms with van der Waals surface area (Å²) in [7, 11) is 0. The summed E-state index contributed by atoms with van der Waals surface area (Å²) in [5.74, 6) is 0.603. The van der Waals surface area contributed by atoms with Crippen molar-refractivity contribution in [1.29, 1.82) is 0 Å². The molecule has 1 aliphatic rings. The zero-order valence-electron chi connectivity index (χ0n) is 14.2. The minimum Gasteiger partial charge on any atom is -0.293 e. The number of unbranched alkanes of at least 4 members (excludes halogenated alkanes) is 1. The van der Waals surface area contributed by atoms with Crippen LogP contribution in [0.2, 0.25) is 0 Å². The number of thioether (sulfide) groups is 1. The molecule has 1 unspecified atom stereocenters. The quantitative estimate of drug-likeness (QED) is 0.486. The molecule has 1 atom stereocenters. The number of carbonyl (C=O) groups is 1. The Morgan fingerprint density at radius 2 is 1.96 bits per heavy atom. The SMILES string of the molecule is CCCCC(CC)CN1C(=O)/C(=C\c2ccc(C)cc2)SC1=S. The smallest absolute Gasteiger partial charge is 0.266 e. The number of rotatable bonds is 7. The van der Waals surface area contributed by atoms with Gasteiger partial charge in [-0.25, -0.2) is 0 Å². The van der Waals surface area contributed by atoms with Gasteiger partial charge in [0.2, 0.25) is 0 Å². The summed E-state index contributed by atoms with van der Waals surface area (Å²) in [5.41, 5.74) is 2.27. The highest BCUT2D eigenvalue weighted by Crippen LogP contribution is 2.33. The first kappa shape index (κ1) is 18.2. The van der Waals surface area contributed by atoms with Gasteiger partial charge in [0.25, 0.3) is 5.91 Å². The van der Waals surface area contributed by atoms with Crippen molar-refractivity contribution in [3.05, 3.63) is 40.3 Å². The van der Waals surface area contributed by atoms with Crippen LogP contribution in [-0.2, 0) is 4.79 Å². The van der Waals surface area contributed by atoms with Gasteiger partial charge in [-0.15, -0.1) is 0 Å². The van der Waals surface area contributed by atoms with Crippen LogP contribution >= 0.6 is 24.0 Å². The molecule has 0 aliphatic carbocycles. The highest BCUT2D eigenvalue weighted by atomic mass is 32.2. The van der Waals surface area contributed by atoms with E-state index in [0.29, 0.717) is 10.2 Å². The van der Waals surface area contributed by atoms with Crippen LogP contribution in [0.4, 0.5) is 0 Å². The lowest BCUT2D eigenvalue weighted by Crippen LogP contribution is -2.33. The van der Waals surface area contributed by atoms with Crippen LogP contribution in [0.25, 0.3) is 6.08 Å². The van der Waals surface area contributed by atoms with Crippen molar-refractivity contribution < 1.29 is 4.79 Å². The van der Waals surface area contributed by atoms with E-state index in [-0.39, 0.29) is 5.91 Å². The molecule has 0 N–H and O–H groups in total. The van der Waals surface area contributed by atoms with E-state index in [1.165, 1.54) is 36.6 Å². The monoisotopic (exact) mass is 347 g/mol. The predicted molar refractivity (Wildman–Crippen MR) is 104 cm³/mol. The number of hydrogen-bond acceptors (Lipinski definition) is 3. The second kappa shape index (κ2) is 8.65. The van der Waals surface area contributed by atoms with Crippen LogP contribution in [0, 0.1) is 12.8 Å². The third kappa shape index (κ3) is 4.92. The molecule has 0 spiro atoms. The van der Waals surface area contributed by atoms with Crippen LogP contribution in [0.1, 0.15) is 50.7 Å². The van der Waals surface area contributed by atoms with Crippen LogP contribution in [0.5, 0.6) is 0 Å². The Kier molecular flexibility index (Phi) is 6.85. The molecule has 1 aliphatic heterocycles. The van der Waals surface area contributed by atoms with Gasteiger partial charge in [0.1, 0.15) is 4.32 Å². The van der Waals surface area contributed by atoms with Crippen LogP contribution in [0.3, 0.4) is 0 Å². The number of amides is 1. The zero-order valence-corrected chi connectivity index (χ0v) is 15.8. The second-order valence-electron chi connectivity index (χ2n) is 6.12. The molecule has 1 aromatic carbocycles. The molecule has 1 heterocycles. The summed E-state index contributed by atoms with van der Waals surface area (Å²) < 4.78 is 0.698. The van der Waals surface area contributed by atoms with E-state index in [9.17, 15) is 4.79 Å². The fourth-order valence-corrected chi connectivity index (χ4v) is 3.92. The summed E-state index contributed by atoms with van der Waals surface area (Å²) in [6.07, 6.45) is 6.62. The van der Waals surface area contributed by atoms with Crippen LogP contribution < -0.4 is 0 Å². The third-order valence-electron chi connectivity index (χ3n) is 4.23. The standard InChI is InChI=1S/C19H25NOS2/c1-4-6-7-15(5-2)13-20-18(21)17(23-19(20)22)12-16-10-8-14(3)9-11-16/h8-12,15H,4-7,13H2,1-3H3/b17-12+. The Labute approximate surface area is 149 Å². The normalized spacial score (nSPS) is 18.0. The summed E-state index contributed by atoms with van der Waals surface area (Å²) in [6, 6.07) is 8.20. The Hall–Kier alpha value is -1.13. The highest BCUT2D eigenvalue weighted by Gasteiger charge is 2.33. The highest BCUT2D eigenvalue weighted by molar-refractivity contribution is 8.26. The summed E-state index contributed by atoms with van der Waals surface area (Å²) in [4.78, 5) is 15.2. The van der Waals surface area contributed by atoms with E-state index < -0.39 is 0 Å². The number of nitrogens with zero attached hydrogens (tertiary/aromatic N) is 1. The molecule has 1 saturated heterocycles. The molecule has 4 heteroatoms. The van der Waals surface area contributed by atoms with Gasteiger partial charge in [-0.2, -0.15) is 0 Å². The van der Waals surface area contributed by atoms with E-state index in [2.05, 4.69) is 32.9 Å². The van der Waals surface area contributed by atoms with Gasteiger partial charge < -0.3 is 0 Å². The lowest BCUT2D eigenvalue weighted by Gasteiger charge is -2.21. The summed E-state index contributed by atoms with van der Waals surface area (Å²) in [5, 5.41) is 0. The van der Waals surface area contributed by atoms with Gasteiger partial charge in [-0.3, -0.25) is 9.69 Å². The van der Waals surface area contributed by atoms with E-state index in [1.54, 1.807) is 4.90 Å². The van der Waals surface area contributed by atoms with Gasteiger partial charge in [-0.05, 0) is 30.9 Å². The number of carbonyl (C=O) groups excluding carboxylic acids is 1. The number of aryl methyl sites for hydroxylation is 1. The molecule has 0 saturated carbocycles. The van der Waals surface area contributed by atoms with E-state index in [1.807, 2.05) is 18.2 Å². The zero-order chi connectivity index (χ0) is 16.8. The number of benzene rings is 1. The third-order valence-corrected chi connectivity index (χ3v) is 5.61. The Bertz CT molecular complexity index is 592. The topological polar surface area (TPSA) is 20.3 Å². The fraction of sp³-hybridized carbons (Fsp3) is 0.474. The Morgan fingerprint density at radius 1 is 1.26 bits per heavy atom. The average molecular weight is 348 g/mol. The first-order chi connectivity index (χ1) is 11.0. The Balaban J connectivity index is 2.08. The van der Waals surface area contributed by atoms with Gasteiger partial charge in [0.05, 0.1) is 4.91 Å². The van der Waals surface area contributed by atoms with Gasteiger partial charge in [0.15, 0.2) is 0 Å². The predicted octanol–water partition coefficient (Wildman–Crippen LogP) is 5.41. The van der Waals surface area contributed by atoms with Crippen molar-refractivity contribution in [3.8, 4) is 0 Å². The van der Waals surface area contributed by atoms with Crippen molar-refractivity contribution in [2.24, 2.45) is 5.92 Å². The largest absolute Gasteiger partial charge is 0.293 e. The number of hydrogen-bond donors (Lipinski definition) is 0. The minimum absolute atomic E-state index is 0.0653. The maximum atomic E-state index is 12.7. The first-order valence-corrected chi connectivity index (χ1v) is 9.59. The average Bonchev–Trinajstić information content (AvgIpc) is 2.80. The van der Waals surface area contributed by atoms with E-state index in [0.717, 1.165) is 23.4 Å². The molecular formula is C19H25NOS2. The van der Waals surface area contributed by atoms with Crippen LogP contribution in [0.15, 0.2) is 29.2 Å². The molecule has 2 rings (SSSR count). The molecule has 1 aromatic rings. The van der Waals surface area contributed by atoms with E-state index >= 15 is 0 Å². The van der Waals surface area contributed by atoms with Gasteiger partial charge in [0, 0.05) is 6.54 Å². The summed E-state index contributed by atoms with van der Waals surface area (Å²) >= 11 is 6.86.